The molecule has 3 rings (SSSR count). The molecule has 0 saturated carbocycles. The first-order chi connectivity index (χ1) is 9.61. The minimum atomic E-state index is 0.501. The number of aromatic amines is 1. The highest BCUT2D eigenvalue weighted by Crippen LogP contribution is 2.17. The Kier molecular flexibility index (Phi) is 2.90. The highest BCUT2D eigenvalue weighted by molar-refractivity contribution is 5.86. The summed E-state index contributed by atoms with van der Waals surface area (Å²) in [6.07, 6.45) is 0. The van der Waals surface area contributed by atoms with Gasteiger partial charge in [-0.15, -0.1) is 4.98 Å². The number of aryl methyl sites for hydroxylation is 2. The summed E-state index contributed by atoms with van der Waals surface area (Å²) in [5.74, 6) is 1.58. The van der Waals surface area contributed by atoms with Crippen LogP contribution < -0.4 is 16.0 Å². The van der Waals surface area contributed by atoms with Gasteiger partial charge in [0.2, 0.25) is 5.82 Å². The molecule has 0 unspecified atom stereocenters. The van der Waals surface area contributed by atoms with Crippen molar-refractivity contribution in [1.82, 2.24) is 15.0 Å². The molecule has 0 radical (unpaired) electrons. The summed E-state index contributed by atoms with van der Waals surface area (Å²) in [6.45, 7) is 3.84. The lowest BCUT2D eigenvalue weighted by Crippen LogP contribution is -2.18. The van der Waals surface area contributed by atoms with Crippen LogP contribution in [0.3, 0.4) is 0 Å². The summed E-state index contributed by atoms with van der Waals surface area (Å²) in [7, 11) is 0. The van der Waals surface area contributed by atoms with Crippen LogP contribution in [0.2, 0.25) is 0 Å². The van der Waals surface area contributed by atoms with Gasteiger partial charge < -0.3 is 5.73 Å². The normalized spacial score (nSPS) is 10.7. The van der Waals surface area contributed by atoms with E-state index in [1.807, 2.05) is 44.2 Å². The van der Waals surface area contributed by atoms with Crippen LogP contribution in [0.4, 0.5) is 17.7 Å². The molecule has 20 heavy (non-hydrogen) atoms. The van der Waals surface area contributed by atoms with Crippen LogP contribution in [-0.4, -0.2) is 15.0 Å². The molecule has 0 aliphatic heterocycles. The largest absolute Gasteiger partial charge is 0.352 e. The zero-order valence-electron chi connectivity index (χ0n) is 11.3. The summed E-state index contributed by atoms with van der Waals surface area (Å²) in [5, 5.41) is 3.94. The molecule has 0 bridgehead atoms. The topological polar surface area (TPSA) is 90.9 Å². The molecule has 6 heteroatoms. The van der Waals surface area contributed by atoms with E-state index in [4.69, 9.17) is 5.73 Å². The molecule has 1 aromatic carbocycles. The Bertz CT molecular complexity index is 763. The van der Waals surface area contributed by atoms with Crippen LogP contribution in [0.15, 0.2) is 30.3 Å². The summed E-state index contributed by atoms with van der Waals surface area (Å²) in [5.41, 5.74) is 8.60. The Labute approximate surface area is 116 Å². The van der Waals surface area contributed by atoms with Gasteiger partial charge in [-0.2, -0.15) is 0 Å². The zero-order valence-corrected chi connectivity index (χ0v) is 11.3. The van der Waals surface area contributed by atoms with Crippen molar-refractivity contribution >= 4 is 28.6 Å². The van der Waals surface area contributed by atoms with E-state index in [2.05, 4.69) is 25.3 Å². The van der Waals surface area contributed by atoms with Crippen LogP contribution >= 0.6 is 0 Å². The quantitative estimate of drug-likeness (QED) is 0.738. The molecular formula is C14H15N6+. The van der Waals surface area contributed by atoms with Crippen LogP contribution in [0.1, 0.15) is 11.4 Å². The lowest BCUT2D eigenvalue weighted by Gasteiger charge is -2.03. The van der Waals surface area contributed by atoms with Gasteiger partial charge in [0, 0.05) is 11.4 Å². The van der Waals surface area contributed by atoms with E-state index >= 15 is 0 Å². The van der Waals surface area contributed by atoms with Gasteiger partial charge in [-0.1, -0.05) is 12.1 Å². The number of hydrogen-bond acceptors (Lipinski definition) is 5. The van der Waals surface area contributed by atoms with Crippen molar-refractivity contribution in [2.45, 2.75) is 13.8 Å². The molecule has 0 aliphatic carbocycles. The number of nitrogens with zero attached hydrogens (tertiary/aromatic N) is 3. The first-order valence-corrected chi connectivity index (χ1v) is 6.29. The van der Waals surface area contributed by atoms with Crippen molar-refractivity contribution in [2.75, 3.05) is 11.1 Å². The zero-order chi connectivity index (χ0) is 14.1. The molecule has 3 aromatic rings. The van der Waals surface area contributed by atoms with E-state index in [-0.39, 0.29) is 0 Å². The van der Waals surface area contributed by atoms with Crippen molar-refractivity contribution in [1.29, 1.82) is 0 Å². The number of fused-ring (bicyclic) bond motifs is 1. The molecular weight excluding hydrogens is 252 g/mol. The van der Waals surface area contributed by atoms with Gasteiger partial charge in [0.15, 0.2) is 0 Å². The molecule has 0 atom stereocenters. The average molecular weight is 267 g/mol. The summed E-state index contributed by atoms with van der Waals surface area (Å²) in [4.78, 5) is 16.1. The van der Waals surface area contributed by atoms with Gasteiger partial charge in [-0.3, -0.25) is 0 Å². The molecule has 4 N–H and O–H groups in total. The predicted molar refractivity (Wildman–Crippen MR) is 77.5 cm³/mol. The fourth-order valence-electron chi connectivity index (χ4n) is 2.09. The van der Waals surface area contributed by atoms with E-state index in [0.29, 0.717) is 17.7 Å². The predicted octanol–water partition coefficient (Wildman–Crippen LogP) is 1.78. The Balaban J connectivity index is 2.02. The number of hydrogen-bond donors (Lipinski definition) is 2. The summed E-state index contributed by atoms with van der Waals surface area (Å²) < 4.78 is 0. The van der Waals surface area contributed by atoms with E-state index < -0.39 is 0 Å². The molecule has 0 amide bonds. The minimum absolute atomic E-state index is 0.501. The smallest absolute Gasteiger partial charge is 0.334 e. The Morgan fingerprint density at radius 2 is 1.75 bits per heavy atom. The average Bonchev–Trinajstić information content (AvgIpc) is 2.37. The number of rotatable bonds is 2. The lowest BCUT2D eigenvalue weighted by atomic mass is 10.2. The van der Waals surface area contributed by atoms with Gasteiger partial charge in [-0.05, 0) is 32.0 Å². The van der Waals surface area contributed by atoms with E-state index in [9.17, 15) is 0 Å². The summed E-state index contributed by atoms with van der Waals surface area (Å²) in [6, 6.07) is 9.59. The first kappa shape index (κ1) is 12.3. The highest BCUT2D eigenvalue weighted by atomic mass is 15.2. The number of aromatic nitrogens is 4. The van der Waals surface area contributed by atoms with Crippen molar-refractivity contribution < 1.29 is 4.98 Å². The first-order valence-electron chi connectivity index (χ1n) is 6.29. The van der Waals surface area contributed by atoms with Gasteiger partial charge in [0.05, 0.1) is 5.39 Å². The Hall–Kier alpha value is -2.76. The maximum Gasteiger partial charge on any atom is 0.352 e. The number of para-hydroxylation sites is 1. The third-order valence-electron chi connectivity index (χ3n) is 2.89. The van der Waals surface area contributed by atoms with Crippen molar-refractivity contribution in [3.8, 4) is 0 Å². The van der Waals surface area contributed by atoms with E-state index in [1.165, 1.54) is 0 Å². The third kappa shape index (κ3) is 2.35. The van der Waals surface area contributed by atoms with Crippen molar-refractivity contribution in [3.05, 3.63) is 41.7 Å². The maximum absolute atomic E-state index is 5.99. The van der Waals surface area contributed by atoms with Crippen LogP contribution in [0.5, 0.6) is 0 Å². The Morgan fingerprint density at radius 3 is 2.50 bits per heavy atom. The molecule has 0 fully saturated rings. The maximum atomic E-state index is 5.99. The standard InChI is InChI=1S/C14H14N6/c1-8-7-9(2)17-13(16-8)20-14-18-11-6-4-3-5-10(11)12(15)19-14/h3-7H,1-2H3,(H3,15,16,17,18,19,20)/p+1. The van der Waals surface area contributed by atoms with Crippen LogP contribution in [0.25, 0.3) is 10.9 Å². The lowest BCUT2D eigenvalue weighted by molar-refractivity contribution is -0.344. The number of nitrogen functional groups attached to an aromatic ring is 1. The fourth-order valence-corrected chi connectivity index (χ4v) is 2.09. The number of nitrogens with two attached hydrogens (primary N) is 1. The van der Waals surface area contributed by atoms with E-state index in [1.54, 1.807) is 0 Å². The highest BCUT2D eigenvalue weighted by Gasteiger charge is 2.12. The van der Waals surface area contributed by atoms with Gasteiger partial charge in [0.25, 0.3) is 5.95 Å². The number of H-pyrrole nitrogens is 1. The molecule has 0 aliphatic rings. The summed E-state index contributed by atoms with van der Waals surface area (Å²) >= 11 is 0. The van der Waals surface area contributed by atoms with Crippen molar-refractivity contribution in [3.63, 3.8) is 0 Å². The van der Waals surface area contributed by atoms with Gasteiger partial charge in [-0.25, -0.2) is 20.3 Å². The van der Waals surface area contributed by atoms with Gasteiger partial charge >= 0.3 is 5.95 Å². The monoisotopic (exact) mass is 267 g/mol. The second-order valence-electron chi connectivity index (χ2n) is 4.62. The van der Waals surface area contributed by atoms with Gasteiger partial charge in [0.1, 0.15) is 5.52 Å². The second kappa shape index (κ2) is 4.73. The van der Waals surface area contributed by atoms with Crippen LogP contribution in [0, 0.1) is 13.8 Å². The Morgan fingerprint density at radius 1 is 1.05 bits per heavy atom. The second-order valence-corrected chi connectivity index (χ2v) is 4.62. The molecule has 2 heterocycles. The molecule has 0 saturated heterocycles. The number of anilines is 3. The fraction of sp³-hybridized carbons (Fsp3) is 0.143. The number of nitrogens with one attached hydrogen (secondary N) is 2. The molecule has 0 spiro atoms. The minimum Gasteiger partial charge on any atom is -0.334 e. The molecule has 100 valence electrons. The molecule has 2 aromatic heterocycles. The van der Waals surface area contributed by atoms with Crippen LogP contribution in [-0.2, 0) is 0 Å². The third-order valence-corrected chi connectivity index (χ3v) is 2.89. The number of benzene rings is 1. The molecule has 6 nitrogen and oxygen atoms in total. The van der Waals surface area contributed by atoms with Crippen molar-refractivity contribution in [2.24, 2.45) is 0 Å². The SMILES string of the molecule is Cc1cc(C)nc(Nc2nc3ccccc3c(N)[nH+]2)n1. The van der Waals surface area contributed by atoms with E-state index in [0.717, 1.165) is 22.3 Å².